The SMILES string of the molecule is CCCC[Te]C(C)CC(=O)OCC. The first-order chi connectivity index (χ1) is 6.20. The molecule has 0 aliphatic heterocycles. The third-order valence-electron chi connectivity index (χ3n) is 1.66. The fourth-order valence-electron chi connectivity index (χ4n) is 0.942. The number of carbonyl (C=O) groups is 1. The molecule has 1 unspecified atom stereocenters. The first-order valence-electron chi connectivity index (χ1n) is 4.97. The van der Waals surface area contributed by atoms with E-state index < -0.39 is 0 Å². The molecule has 0 bridgehead atoms. The standard InChI is InChI=1S/C10H20O2Te/c1-4-6-7-13-9(3)8-10(11)12-5-2/h9H,4-8H2,1-3H3. The molecule has 1 atom stereocenters. The van der Waals surface area contributed by atoms with E-state index in [4.69, 9.17) is 4.74 Å². The van der Waals surface area contributed by atoms with E-state index in [1.165, 1.54) is 17.3 Å². The number of esters is 1. The molecule has 0 saturated carbocycles. The molecule has 3 heteroatoms. The van der Waals surface area contributed by atoms with E-state index in [1.54, 1.807) is 0 Å². The molecule has 0 rings (SSSR count). The average molecular weight is 300 g/mol. The molecule has 0 saturated heterocycles. The summed E-state index contributed by atoms with van der Waals surface area (Å²) in [6, 6.07) is 0. The van der Waals surface area contributed by atoms with E-state index in [1.807, 2.05) is 6.92 Å². The van der Waals surface area contributed by atoms with Crippen LogP contribution in [0.2, 0.25) is 8.43 Å². The first-order valence-corrected chi connectivity index (χ1v) is 7.97. The van der Waals surface area contributed by atoms with Gasteiger partial charge in [0.2, 0.25) is 0 Å². The van der Waals surface area contributed by atoms with Crippen LogP contribution in [0.5, 0.6) is 0 Å². The van der Waals surface area contributed by atoms with Gasteiger partial charge in [0.1, 0.15) is 0 Å². The van der Waals surface area contributed by atoms with Crippen LogP contribution in [0.15, 0.2) is 0 Å². The fourth-order valence-corrected chi connectivity index (χ4v) is 4.12. The summed E-state index contributed by atoms with van der Waals surface area (Å²) in [4.78, 5) is 11.1. The van der Waals surface area contributed by atoms with Crippen molar-refractivity contribution >= 4 is 26.9 Å². The molecule has 0 aliphatic carbocycles. The number of hydrogen-bond donors (Lipinski definition) is 0. The number of rotatable bonds is 7. The van der Waals surface area contributed by atoms with Crippen LogP contribution >= 0.6 is 0 Å². The number of unbranched alkanes of at least 4 members (excludes halogenated alkanes) is 1. The van der Waals surface area contributed by atoms with E-state index in [9.17, 15) is 4.79 Å². The van der Waals surface area contributed by atoms with Gasteiger partial charge in [0.15, 0.2) is 0 Å². The zero-order valence-corrected chi connectivity index (χ0v) is 11.2. The second-order valence-electron chi connectivity index (χ2n) is 3.04. The maximum atomic E-state index is 11.1. The molecule has 2 nitrogen and oxygen atoms in total. The van der Waals surface area contributed by atoms with Gasteiger partial charge in [-0.1, -0.05) is 0 Å². The van der Waals surface area contributed by atoms with Crippen LogP contribution in [-0.2, 0) is 9.53 Å². The Morgan fingerprint density at radius 2 is 2.15 bits per heavy atom. The van der Waals surface area contributed by atoms with E-state index in [0.717, 1.165) is 0 Å². The minimum absolute atomic E-state index is 0.0170. The Bertz CT molecular complexity index is 137. The van der Waals surface area contributed by atoms with Crippen LogP contribution < -0.4 is 0 Å². The Balaban J connectivity index is 3.38. The minimum atomic E-state index is -0.0170. The molecule has 0 N–H and O–H groups in total. The topological polar surface area (TPSA) is 26.3 Å². The van der Waals surface area contributed by atoms with Crippen LogP contribution in [0.1, 0.15) is 40.0 Å². The van der Waals surface area contributed by atoms with Gasteiger partial charge in [-0.25, -0.2) is 0 Å². The van der Waals surface area contributed by atoms with Gasteiger partial charge in [-0.05, 0) is 0 Å². The van der Waals surface area contributed by atoms with Gasteiger partial charge < -0.3 is 0 Å². The summed E-state index contributed by atoms with van der Waals surface area (Å²) in [6.45, 7) is 6.76. The molecular weight excluding hydrogens is 280 g/mol. The molecule has 78 valence electrons. The predicted octanol–water partition coefficient (Wildman–Crippen LogP) is 2.67. The Kier molecular flexibility index (Phi) is 9.02. The summed E-state index contributed by atoms with van der Waals surface area (Å²) >= 11 is 0.0397. The van der Waals surface area contributed by atoms with Crippen molar-refractivity contribution in [3.05, 3.63) is 0 Å². The second kappa shape index (κ2) is 8.84. The van der Waals surface area contributed by atoms with E-state index in [-0.39, 0.29) is 26.9 Å². The third-order valence-corrected chi connectivity index (χ3v) is 5.26. The third kappa shape index (κ3) is 8.59. The first kappa shape index (κ1) is 13.3. The predicted molar refractivity (Wildman–Crippen MR) is 56.1 cm³/mol. The molecule has 0 aromatic carbocycles. The van der Waals surface area contributed by atoms with Gasteiger partial charge in [-0.15, -0.1) is 0 Å². The summed E-state index contributed by atoms with van der Waals surface area (Å²) in [7, 11) is 0. The van der Waals surface area contributed by atoms with Gasteiger partial charge in [0.25, 0.3) is 0 Å². The van der Waals surface area contributed by atoms with E-state index in [2.05, 4.69) is 13.8 Å². The summed E-state index contributed by atoms with van der Waals surface area (Å²) in [5.41, 5.74) is 0. The van der Waals surface area contributed by atoms with Crippen molar-refractivity contribution in [1.29, 1.82) is 0 Å². The monoisotopic (exact) mass is 302 g/mol. The molecule has 13 heavy (non-hydrogen) atoms. The van der Waals surface area contributed by atoms with Gasteiger partial charge in [0.05, 0.1) is 0 Å². The van der Waals surface area contributed by atoms with Crippen molar-refractivity contribution in [2.24, 2.45) is 0 Å². The normalized spacial score (nSPS) is 12.5. The van der Waals surface area contributed by atoms with Crippen molar-refractivity contribution in [2.45, 2.75) is 48.5 Å². The van der Waals surface area contributed by atoms with Crippen LogP contribution in [0.4, 0.5) is 0 Å². The zero-order chi connectivity index (χ0) is 10.1. The van der Waals surface area contributed by atoms with Crippen molar-refractivity contribution in [2.75, 3.05) is 6.61 Å². The van der Waals surface area contributed by atoms with Gasteiger partial charge in [0, 0.05) is 0 Å². The molecule has 0 heterocycles. The molecule has 0 fully saturated rings. The molecule has 0 radical (unpaired) electrons. The van der Waals surface area contributed by atoms with Crippen LogP contribution in [0.25, 0.3) is 0 Å². The average Bonchev–Trinajstić information content (AvgIpc) is 2.05. The summed E-state index contributed by atoms with van der Waals surface area (Å²) in [6.07, 6.45) is 3.24. The maximum absolute atomic E-state index is 11.1. The quantitative estimate of drug-likeness (QED) is 0.410. The van der Waals surface area contributed by atoms with Crippen LogP contribution in [0.3, 0.4) is 0 Å². The summed E-state index contributed by atoms with van der Waals surface area (Å²) in [5, 5.41) is 0. The summed E-state index contributed by atoms with van der Waals surface area (Å²) in [5.74, 6) is -0.0170. The summed E-state index contributed by atoms with van der Waals surface area (Å²) < 4.78 is 6.87. The molecule has 0 aromatic heterocycles. The Morgan fingerprint density at radius 3 is 2.69 bits per heavy atom. The van der Waals surface area contributed by atoms with Crippen LogP contribution in [-0.4, -0.2) is 33.5 Å². The van der Waals surface area contributed by atoms with Gasteiger partial charge >= 0.3 is 91.5 Å². The fraction of sp³-hybridized carbons (Fsp3) is 0.900. The Hall–Kier alpha value is 0.260. The van der Waals surface area contributed by atoms with Gasteiger partial charge in [-0.2, -0.15) is 0 Å². The number of carbonyl (C=O) groups excluding carboxylic acids is 1. The van der Waals surface area contributed by atoms with Crippen LogP contribution in [0, 0.1) is 0 Å². The van der Waals surface area contributed by atoms with Crippen molar-refractivity contribution < 1.29 is 9.53 Å². The number of ether oxygens (including phenoxy) is 1. The molecule has 0 spiro atoms. The Labute approximate surface area is 91.5 Å². The second-order valence-corrected chi connectivity index (χ2v) is 7.46. The number of hydrogen-bond acceptors (Lipinski definition) is 2. The molecule has 0 amide bonds. The van der Waals surface area contributed by atoms with E-state index >= 15 is 0 Å². The Morgan fingerprint density at radius 1 is 1.46 bits per heavy atom. The van der Waals surface area contributed by atoms with Crippen molar-refractivity contribution in [1.82, 2.24) is 0 Å². The molecule has 0 aromatic rings. The van der Waals surface area contributed by atoms with Crippen molar-refractivity contribution in [3.8, 4) is 0 Å². The molecule has 0 aliphatic rings. The van der Waals surface area contributed by atoms with Crippen molar-refractivity contribution in [3.63, 3.8) is 0 Å². The van der Waals surface area contributed by atoms with Gasteiger partial charge in [-0.3, -0.25) is 0 Å². The molecular formula is C10H20O2Te. The van der Waals surface area contributed by atoms with E-state index in [0.29, 0.717) is 17.0 Å². The zero-order valence-electron chi connectivity index (χ0n) is 8.84.